The second-order valence-corrected chi connectivity index (χ2v) is 8.64. The Hall–Kier alpha value is -2.68. The lowest BCUT2D eigenvalue weighted by molar-refractivity contribution is 0.607. The number of benzene rings is 2. The van der Waals surface area contributed by atoms with Crippen molar-refractivity contribution in [3.05, 3.63) is 66.2 Å². The highest BCUT2D eigenvalue weighted by Gasteiger charge is 2.07. The maximum absolute atomic E-state index is 11.3. The Kier molecular flexibility index (Phi) is 5.83. The van der Waals surface area contributed by atoms with Crippen molar-refractivity contribution in [3.8, 4) is 11.3 Å². The van der Waals surface area contributed by atoms with E-state index < -0.39 is 10.0 Å². The number of hydrogen-bond acceptors (Lipinski definition) is 6. The summed E-state index contributed by atoms with van der Waals surface area (Å²) < 4.78 is 25.0. The van der Waals surface area contributed by atoms with Crippen molar-refractivity contribution in [3.63, 3.8) is 0 Å². The fourth-order valence-electron chi connectivity index (χ4n) is 2.65. The second-order valence-electron chi connectivity index (χ2n) is 6.03. The largest absolute Gasteiger partial charge is 0.316 e. The summed E-state index contributed by atoms with van der Waals surface area (Å²) in [6, 6.07) is 17.1. The number of sulfonamides is 1. The standard InChI is InChI=1S/C19H16N4O2S2.ClH/c1-27(24,25)23-16-8-6-13(7-9-16)17-12-26-19(21-17)22-18-10-14-4-2-3-5-15(14)11-20-18;/h2-12,23H,1H3,(H,20,21,22);1H. The minimum absolute atomic E-state index is 0. The lowest BCUT2D eigenvalue weighted by Gasteiger charge is -2.04. The fraction of sp³-hybridized carbons (Fsp3) is 0.0526. The SMILES string of the molecule is CS(=O)(=O)Nc1ccc(-c2csc(Nc3cc4ccccc4cn3)n2)cc1.Cl. The first-order valence-corrected chi connectivity index (χ1v) is 10.9. The summed E-state index contributed by atoms with van der Waals surface area (Å²) in [6.45, 7) is 0. The molecule has 0 saturated heterocycles. The number of nitrogens with zero attached hydrogens (tertiary/aromatic N) is 2. The third-order valence-corrected chi connectivity index (χ3v) is 5.22. The van der Waals surface area contributed by atoms with Gasteiger partial charge in [0.1, 0.15) is 5.82 Å². The average molecular weight is 433 g/mol. The maximum atomic E-state index is 11.3. The first-order valence-electron chi connectivity index (χ1n) is 8.12. The minimum atomic E-state index is -3.28. The topological polar surface area (TPSA) is 84.0 Å². The van der Waals surface area contributed by atoms with E-state index >= 15 is 0 Å². The van der Waals surface area contributed by atoms with Crippen molar-refractivity contribution < 1.29 is 8.42 Å². The van der Waals surface area contributed by atoms with Crippen LogP contribution in [0.3, 0.4) is 0 Å². The van der Waals surface area contributed by atoms with Gasteiger partial charge in [0.15, 0.2) is 5.13 Å². The van der Waals surface area contributed by atoms with Gasteiger partial charge >= 0.3 is 0 Å². The molecule has 0 spiro atoms. The van der Waals surface area contributed by atoms with Crippen molar-refractivity contribution in [2.75, 3.05) is 16.3 Å². The van der Waals surface area contributed by atoms with Crippen LogP contribution < -0.4 is 10.0 Å². The Labute approximate surface area is 173 Å². The summed E-state index contributed by atoms with van der Waals surface area (Å²) in [5, 5.41) is 8.12. The molecule has 0 aliphatic carbocycles. The average Bonchev–Trinajstić information content (AvgIpc) is 3.09. The van der Waals surface area contributed by atoms with Crippen LogP contribution in [-0.4, -0.2) is 24.6 Å². The molecule has 0 aliphatic rings. The Balaban J connectivity index is 0.00000225. The number of aromatic nitrogens is 2. The van der Waals surface area contributed by atoms with Gasteiger partial charge < -0.3 is 5.32 Å². The van der Waals surface area contributed by atoms with E-state index in [4.69, 9.17) is 0 Å². The zero-order chi connectivity index (χ0) is 18.9. The zero-order valence-corrected chi connectivity index (χ0v) is 17.2. The van der Waals surface area contributed by atoms with Gasteiger partial charge in [-0.25, -0.2) is 18.4 Å². The molecule has 0 amide bonds. The maximum Gasteiger partial charge on any atom is 0.229 e. The van der Waals surface area contributed by atoms with Crippen molar-refractivity contribution in [2.24, 2.45) is 0 Å². The van der Waals surface area contributed by atoms with Crippen molar-refractivity contribution in [1.82, 2.24) is 9.97 Å². The van der Waals surface area contributed by atoms with E-state index in [1.54, 1.807) is 12.1 Å². The molecule has 28 heavy (non-hydrogen) atoms. The van der Waals surface area contributed by atoms with Gasteiger partial charge in [-0.15, -0.1) is 23.7 Å². The van der Waals surface area contributed by atoms with Crippen LogP contribution >= 0.6 is 23.7 Å². The fourth-order valence-corrected chi connectivity index (χ4v) is 3.94. The van der Waals surface area contributed by atoms with Crippen LogP contribution in [-0.2, 0) is 10.0 Å². The predicted octanol–water partition coefficient (Wildman–Crippen LogP) is 4.90. The van der Waals surface area contributed by atoms with Gasteiger partial charge in [-0.2, -0.15) is 0 Å². The molecular formula is C19H17ClN4O2S2. The first kappa shape index (κ1) is 20.1. The number of anilines is 3. The van der Waals surface area contributed by atoms with Gasteiger partial charge in [0.05, 0.1) is 11.9 Å². The Bertz CT molecular complexity index is 1210. The third kappa shape index (κ3) is 4.78. The summed E-state index contributed by atoms with van der Waals surface area (Å²) in [5.41, 5.74) is 2.24. The molecule has 9 heteroatoms. The van der Waals surface area contributed by atoms with Gasteiger partial charge in [0, 0.05) is 28.2 Å². The number of thiazole rings is 1. The van der Waals surface area contributed by atoms with Crippen LogP contribution in [0.4, 0.5) is 16.6 Å². The van der Waals surface area contributed by atoms with Gasteiger partial charge in [-0.3, -0.25) is 4.72 Å². The van der Waals surface area contributed by atoms with E-state index in [1.807, 2.05) is 54.0 Å². The number of halogens is 1. The van der Waals surface area contributed by atoms with Crippen molar-refractivity contribution in [1.29, 1.82) is 0 Å². The van der Waals surface area contributed by atoms with Gasteiger partial charge in [-0.1, -0.05) is 36.4 Å². The van der Waals surface area contributed by atoms with Gasteiger partial charge in [0.25, 0.3) is 0 Å². The summed E-state index contributed by atoms with van der Waals surface area (Å²) in [5.74, 6) is 0.738. The lowest BCUT2D eigenvalue weighted by atomic mass is 10.1. The van der Waals surface area contributed by atoms with E-state index in [-0.39, 0.29) is 12.4 Å². The molecule has 2 N–H and O–H groups in total. The van der Waals surface area contributed by atoms with Crippen LogP contribution in [0.25, 0.3) is 22.0 Å². The molecule has 0 unspecified atom stereocenters. The Morgan fingerprint density at radius 3 is 2.43 bits per heavy atom. The van der Waals surface area contributed by atoms with E-state index in [1.165, 1.54) is 11.3 Å². The van der Waals surface area contributed by atoms with Crippen molar-refractivity contribution >= 4 is 61.2 Å². The van der Waals surface area contributed by atoms with E-state index in [0.717, 1.165) is 39.2 Å². The molecule has 4 rings (SSSR count). The Morgan fingerprint density at radius 1 is 1.00 bits per heavy atom. The molecule has 2 aromatic heterocycles. The molecule has 0 saturated carbocycles. The summed E-state index contributed by atoms with van der Waals surface area (Å²) in [6.07, 6.45) is 2.96. The number of nitrogens with one attached hydrogen (secondary N) is 2. The molecule has 144 valence electrons. The highest BCUT2D eigenvalue weighted by molar-refractivity contribution is 7.92. The highest BCUT2D eigenvalue weighted by atomic mass is 35.5. The number of rotatable bonds is 5. The molecule has 2 aromatic carbocycles. The third-order valence-electron chi connectivity index (χ3n) is 3.85. The van der Waals surface area contributed by atoms with E-state index in [2.05, 4.69) is 20.0 Å². The van der Waals surface area contributed by atoms with E-state index in [9.17, 15) is 8.42 Å². The monoisotopic (exact) mass is 432 g/mol. The molecule has 0 fully saturated rings. The molecule has 4 aromatic rings. The second kappa shape index (κ2) is 8.14. The molecule has 0 radical (unpaired) electrons. The van der Waals surface area contributed by atoms with E-state index in [0.29, 0.717) is 5.69 Å². The molecule has 2 heterocycles. The van der Waals surface area contributed by atoms with Crippen LogP contribution in [0.15, 0.2) is 66.2 Å². The highest BCUT2D eigenvalue weighted by Crippen LogP contribution is 2.28. The molecule has 0 aliphatic heterocycles. The van der Waals surface area contributed by atoms with Crippen LogP contribution in [0.5, 0.6) is 0 Å². The zero-order valence-electron chi connectivity index (χ0n) is 14.8. The number of pyridine rings is 1. The van der Waals surface area contributed by atoms with Crippen LogP contribution in [0.2, 0.25) is 0 Å². The predicted molar refractivity (Wildman–Crippen MR) is 118 cm³/mol. The molecule has 0 bridgehead atoms. The molecule has 6 nitrogen and oxygen atoms in total. The van der Waals surface area contributed by atoms with Crippen molar-refractivity contribution in [2.45, 2.75) is 0 Å². The Morgan fingerprint density at radius 2 is 1.71 bits per heavy atom. The summed E-state index contributed by atoms with van der Waals surface area (Å²) in [4.78, 5) is 9.01. The normalized spacial score (nSPS) is 11.0. The smallest absolute Gasteiger partial charge is 0.229 e. The van der Waals surface area contributed by atoms with Crippen LogP contribution in [0, 0.1) is 0 Å². The van der Waals surface area contributed by atoms with Gasteiger partial charge in [0.2, 0.25) is 10.0 Å². The summed E-state index contributed by atoms with van der Waals surface area (Å²) >= 11 is 1.49. The lowest BCUT2D eigenvalue weighted by Crippen LogP contribution is -2.09. The molecular weight excluding hydrogens is 416 g/mol. The first-order chi connectivity index (χ1) is 13.0. The number of fused-ring (bicyclic) bond motifs is 1. The van der Waals surface area contributed by atoms with Crippen LogP contribution in [0.1, 0.15) is 0 Å². The number of hydrogen-bond donors (Lipinski definition) is 2. The summed E-state index contributed by atoms with van der Waals surface area (Å²) in [7, 11) is -3.28. The quantitative estimate of drug-likeness (QED) is 0.468. The minimum Gasteiger partial charge on any atom is -0.316 e. The van der Waals surface area contributed by atoms with Gasteiger partial charge in [-0.05, 0) is 23.6 Å². The molecule has 0 atom stereocenters.